The molecule has 0 radical (unpaired) electrons. The fourth-order valence-corrected chi connectivity index (χ4v) is 2.74. The summed E-state index contributed by atoms with van der Waals surface area (Å²) < 4.78 is 17.5. The molecule has 3 heteroatoms. The van der Waals surface area contributed by atoms with E-state index in [0.717, 1.165) is 19.4 Å². The van der Waals surface area contributed by atoms with E-state index in [-0.39, 0.29) is 18.0 Å². The first-order valence-corrected chi connectivity index (χ1v) is 5.98. The molecule has 0 aromatic heterocycles. The monoisotopic (exact) mass is 210 g/mol. The highest BCUT2D eigenvalue weighted by atomic mass is 16.8. The number of hydrogen-bond acceptors (Lipinski definition) is 3. The van der Waals surface area contributed by atoms with Crippen molar-refractivity contribution in [2.75, 3.05) is 13.2 Å². The molecule has 0 unspecified atom stereocenters. The van der Waals surface area contributed by atoms with Crippen LogP contribution in [0.1, 0.15) is 32.1 Å². The normalized spacial score (nSPS) is 38.9. The Morgan fingerprint density at radius 2 is 2.00 bits per heavy atom. The van der Waals surface area contributed by atoms with Gasteiger partial charge in [-0.25, -0.2) is 0 Å². The highest BCUT2D eigenvalue weighted by Gasteiger charge is 2.44. The smallest absolute Gasteiger partial charge is 0.169 e. The topological polar surface area (TPSA) is 27.7 Å². The Morgan fingerprint density at radius 1 is 1.13 bits per heavy atom. The summed E-state index contributed by atoms with van der Waals surface area (Å²) in [4.78, 5) is 0. The van der Waals surface area contributed by atoms with Crippen molar-refractivity contribution in [3.05, 3.63) is 12.2 Å². The molecule has 1 aliphatic carbocycles. The third kappa shape index (κ3) is 1.84. The molecule has 15 heavy (non-hydrogen) atoms. The Labute approximate surface area is 90.4 Å². The lowest BCUT2D eigenvalue weighted by Gasteiger charge is -2.32. The summed E-state index contributed by atoms with van der Waals surface area (Å²) in [6.07, 6.45) is 10.3. The van der Waals surface area contributed by atoms with Gasteiger partial charge in [0.1, 0.15) is 12.2 Å². The minimum atomic E-state index is -0.261. The minimum Gasteiger partial charge on any atom is -0.367 e. The van der Waals surface area contributed by atoms with Gasteiger partial charge in [-0.2, -0.15) is 0 Å². The molecule has 1 saturated heterocycles. The molecule has 0 aromatic rings. The van der Waals surface area contributed by atoms with E-state index in [0.29, 0.717) is 6.61 Å². The fourth-order valence-electron chi connectivity index (χ4n) is 2.74. The molecular weight excluding hydrogens is 192 g/mol. The van der Waals surface area contributed by atoms with Crippen molar-refractivity contribution >= 4 is 0 Å². The van der Waals surface area contributed by atoms with Gasteiger partial charge in [-0.05, 0) is 12.8 Å². The van der Waals surface area contributed by atoms with Gasteiger partial charge in [0.25, 0.3) is 0 Å². The molecule has 1 spiro atoms. The van der Waals surface area contributed by atoms with Crippen LogP contribution in [-0.2, 0) is 14.2 Å². The second kappa shape index (κ2) is 3.89. The first-order chi connectivity index (χ1) is 7.38. The molecule has 2 aliphatic heterocycles. The van der Waals surface area contributed by atoms with Gasteiger partial charge in [0.05, 0.1) is 13.2 Å². The molecule has 2 heterocycles. The Balaban J connectivity index is 1.63. The maximum absolute atomic E-state index is 6.08. The quantitative estimate of drug-likeness (QED) is 0.620. The van der Waals surface area contributed by atoms with Crippen LogP contribution in [0.15, 0.2) is 12.2 Å². The molecule has 2 atom stereocenters. The van der Waals surface area contributed by atoms with Gasteiger partial charge in [-0.1, -0.05) is 18.6 Å². The summed E-state index contributed by atoms with van der Waals surface area (Å²) in [7, 11) is 0. The van der Waals surface area contributed by atoms with Crippen LogP contribution in [0, 0.1) is 0 Å². The summed E-state index contributed by atoms with van der Waals surface area (Å²) >= 11 is 0. The van der Waals surface area contributed by atoms with Crippen LogP contribution in [0.2, 0.25) is 0 Å². The average molecular weight is 210 g/mol. The van der Waals surface area contributed by atoms with Gasteiger partial charge >= 0.3 is 0 Å². The average Bonchev–Trinajstić information content (AvgIpc) is 2.88. The lowest BCUT2D eigenvalue weighted by molar-refractivity contribution is -0.194. The van der Waals surface area contributed by atoms with E-state index >= 15 is 0 Å². The minimum absolute atomic E-state index is 0.113. The van der Waals surface area contributed by atoms with E-state index in [2.05, 4.69) is 12.2 Å². The Morgan fingerprint density at radius 3 is 2.73 bits per heavy atom. The number of rotatable bonds is 1. The zero-order valence-electron chi connectivity index (χ0n) is 8.98. The van der Waals surface area contributed by atoms with E-state index in [1.54, 1.807) is 0 Å². The molecule has 1 saturated carbocycles. The Bertz CT molecular complexity index is 256. The predicted octanol–water partition coefficient (Wildman–Crippen LogP) is 2.02. The molecule has 0 aromatic carbocycles. The van der Waals surface area contributed by atoms with E-state index in [1.165, 1.54) is 19.3 Å². The molecule has 3 rings (SSSR count). The van der Waals surface area contributed by atoms with Gasteiger partial charge in [0, 0.05) is 12.8 Å². The lowest BCUT2D eigenvalue weighted by Crippen LogP contribution is -2.35. The van der Waals surface area contributed by atoms with Crippen molar-refractivity contribution in [3.63, 3.8) is 0 Å². The molecule has 2 fully saturated rings. The molecule has 0 amide bonds. The summed E-state index contributed by atoms with van der Waals surface area (Å²) in [5.74, 6) is -0.261. The molecule has 0 N–H and O–H groups in total. The van der Waals surface area contributed by atoms with E-state index in [4.69, 9.17) is 14.2 Å². The van der Waals surface area contributed by atoms with E-state index < -0.39 is 0 Å². The van der Waals surface area contributed by atoms with Gasteiger partial charge in [0.2, 0.25) is 0 Å². The lowest BCUT2D eigenvalue weighted by atomic mass is 9.94. The van der Waals surface area contributed by atoms with Crippen LogP contribution in [-0.4, -0.2) is 31.2 Å². The fraction of sp³-hybridized carbons (Fsp3) is 0.833. The van der Waals surface area contributed by atoms with Crippen molar-refractivity contribution in [1.29, 1.82) is 0 Å². The number of ether oxygens (including phenoxy) is 3. The van der Waals surface area contributed by atoms with Crippen LogP contribution in [0.5, 0.6) is 0 Å². The van der Waals surface area contributed by atoms with Crippen molar-refractivity contribution < 1.29 is 14.2 Å². The summed E-state index contributed by atoms with van der Waals surface area (Å²) in [5.41, 5.74) is 0. The van der Waals surface area contributed by atoms with Crippen LogP contribution in [0.25, 0.3) is 0 Å². The summed E-state index contributed by atoms with van der Waals surface area (Å²) in [6.45, 7) is 1.41. The van der Waals surface area contributed by atoms with E-state index in [9.17, 15) is 0 Å². The van der Waals surface area contributed by atoms with Crippen LogP contribution < -0.4 is 0 Å². The maximum atomic E-state index is 6.08. The summed E-state index contributed by atoms with van der Waals surface area (Å²) in [6, 6.07) is 0. The van der Waals surface area contributed by atoms with Crippen LogP contribution in [0.3, 0.4) is 0 Å². The summed E-state index contributed by atoms with van der Waals surface area (Å²) in [5, 5.41) is 0. The van der Waals surface area contributed by atoms with Crippen LogP contribution >= 0.6 is 0 Å². The van der Waals surface area contributed by atoms with Gasteiger partial charge in [0.15, 0.2) is 5.79 Å². The molecule has 84 valence electrons. The third-order valence-electron chi connectivity index (χ3n) is 3.57. The predicted molar refractivity (Wildman–Crippen MR) is 55.5 cm³/mol. The van der Waals surface area contributed by atoms with Crippen LogP contribution in [0.4, 0.5) is 0 Å². The number of hydrogen-bond donors (Lipinski definition) is 0. The van der Waals surface area contributed by atoms with Crippen molar-refractivity contribution in [3.8, 4) is 0 Å². The molecule has 3 aliphatic rings. The zero-order valence-corrected chi connectivity index (χ0v) is 8.98. The van der Waals surface area contributed by atoms with E-state index in [1.807, 2.05) is 0 Å². The SMILES string of the molecule is C1=C[C@H]([C@H]2COC3(CCCCC3)O2)OC1. The Hall–Kier alpha value is -0.380. The first kappa shape index (κ1) is 9.82. The van der Waals surface area contributed by atoms with Gasteiger partial charge in [-0.15, -0.1) is 0 Å². The molecular formula is C12H18O3. The van der Waals surface area contributed by atoms with Gasteiger partial charge < -0.3 is 14.2 Å². The largest absolute Gasteiger partial charge is 0.367 e. The van der Waals surface area contributed by atoms with Crippen molar-refractivity contribution in [1.82, 2.24) is 0 Å². The standard InChI is InChI=1S/C12H18O3/c1-2-6-12(7-3-1)14-9-11(15-12)10-5-4-8-13-10/h4-5,10-11H,1-3,6-9H2/t10-,11-/m1/s1. The zero-order chi connectivity index (χ0) is 10.1. The maximum Gasteiger partial charge on any atom is 0.169 e. The second-order valence-corrected chi connectivity index (χ2v) is 4.66. The highest BCUT2D eigenvalue weighted by molar-refractivity contribution is 5.01. The van der Waals surface area contributed by atoms with Crippen molar-refractivity contribution in [2.24, 2.45) is 0 Å². The Kier molecular flexibility index (Phi) is 2.54. The van der Waals surface area contributed by atoms with Crippen molar-refractivity contribution in [2.45, 2.75) is 50.1 Å². The first-order valence-electron chi connectivity index (χ1n) is 5.98. The molecule has 3 nitrogen and oxygen atoms in total. The third-order valence-corrected chi connectivity index (χ3v) is 3.57. The highest BCUT2D eigenvalue weighted by Crippen LogP contribution is 2.39. The van der Waals surface area contributed by atoms with Gasteiger partial charge in [-0.3, -0.25) is 0 Å². The second-order valence-electron chi connectivity index (χ2n) is 4.66. The molecule has 0 bridgehead atoms.